The molecular weight excluding hydrogens is 346 g/mol. The average Bonchev–Trinajstić information content (AvgIpc) is 2.38. The van der Waals surface area contributed by atoms with Gasteiger partial charge in [0.15, 0.2) is 0 Å². The van der Waals surface area contributed by atoms with Crippen molar-refractivity contribution in [2.75, 3.05) is 36.7 Å². The van der Waals surface area contributed by atoms with Crippen molar-refractivity contribution in [2.24, 2.45) is 0 Å². The molecule has 11 heteroatoms. The quantitative estimate of drug-likeness (QED) is 0.383. The Bertz CT molecular complexity index is 748. The summed E-state index contributed by atoms with van der Waals surface area (Å²) in [7, 11) is -8.19. The molecular formula is C12H21N3O6S2. The molecule has 0 spiro atoms. The van der Waals surface area contributed by atoms with Crippen molar-refractivity contribution in [3.63, 3.8) is 0 Å². The molecule has 0 aliphatic rings. The largest absolute Gasteiger partial charge is 0.418 e. The second kappa shape index (κ2) is 7.45. The zero-order chi connectivity index (χ0) is 17.8. The van der Waals surface area contributed by atoms with Gasteiger partial charge in [-0.1, -0.05) is 6.92 Å². The Morgan fingerprint density at radius 2 is 1.83 bits per heavy atom. The first-order chi connectivity index (χ1) is 10.4. The molecule has 3 N–H and O–H groups in total. The zero-order valence-electron chi connectivity index (χ0n) is 13.1. The van der Waals surface area contributed by atoms with Gasteiger partial charge in [0, 0.05) is 18.8 Å². The predicted molar refractivity (Wildman–Crippen MR) is 87.7 cm³/mol. The van der Waals surface area contributed by atoms with E-state index in [4.69, 9.17) is 10.3 Å². The van der Waals surface area contributed by atoms with E-state index in [2.05, 4.69) is 4.28 Å². The molecule has 0 saturated heterocycles. The smallest absolute Gasteiger partial charge is 0.399 e. The molecule has 0 aromatic heterocycles. The third-order valence-corrected chi connectivity index (χ3v) is 4.85. The molecule has 0 bridgehead atoms. The van der Waals surface area contributed by atoms with Crippen LogP contribution in [-0.2, 0) is 24.7 Å². The van der Waals surface area contributed by atoms with Gasteiger partial charge in [-0.15, -0.1) is 4.28 Å². The van der Waals surface area contributed by atoms with E-state index in [1.54, 1.807) is 26.0 Å². The third-order valence-electron chi connectivity index (χ3n) is 3.10. The predicted octanol–water partition coefficient (Wildman–Crippen LogP) is 0.400. The minimum absolute atomic E-state index is 0.0196. The number of aryl methyl sites for hydroxylation is 1. The summed E-state index contributed by atoms with van der Waals surface area (Å²) in [5.74, 6) is 0. The molecule has 0 heterocycles. The minimum atomic E-state index is -4.76. The van der Waals surface area contributed by atoms with E-state index in [9.17, 15) is 16.8 Å². The van der Waals surface area contributed by atoms with Gasteiger partial charge in [-0.25, -0.2) is 17.8 Å². The van der Waals surface area contributed by atoms with Crippen LogP contribution in [0.1, 0.15) is 12.5 Å². The first-order valence-corrected chi connectivity index (χ1v) is 9.91. The van der Waals surface area contributed by atoms with E-state index in [-0.39, 0.29) is 19.6 Å². The van der Waals surface area contributed by atoms with Gasteiger partial charge in [0.2, 0.25) is 10.0 Å². The summed E-state index contributed by atoms with van der Waals surface area (Å²) in [5.41, 5.74) is 7.21. The molecule has 0 atom stereocenters. The lowest BCUT2D eigenvalue weighted by Crippen LogP contribution is -2.39. The Labute approximate surface area is 136 Å². The van der Waals surface area contributed by atoms with Gasteiger partial charge < -0.3 is 5.73 Å². The molecule has 0 aliphatic heterocycles. The van der Waals surface area contributed by atoms with Gasteiger partial charge in [0.25, 0.3) is 0 Å². The number of hydrogen-bond donors (Lipinski definition) is 2. The number of benzene rings is 1. The van der Waals surface area contributed by atoms with Gasteiger partial charge in [-0.05, 0) is 30.7 Å². The Morgan fingerprint density at radius 1 is 1.22 bits per heavy atom. The monoisotopic (exact) mass is 367 g/mol. The van der Waals surface area contributed by atoms with Crippen LogP contribution in [0.4, 0.5) is 11.4 Å². The molecule has 0 unspecified atom stereocenters. The summed E-state index contributed by atoms with van der Waals surface area (Å²) in [5, 5.41) is 0.898. The molecule has 1 aromatic carbocycles. The standard InChI is InChI=1S/C12H21N3O6S2/c1-4-14(22(3,16)17)7-8-15(21-23(18,19)20)11-5-6-12(13)10(2)9-11/h5-6,9H,4,7-8,13H2,1-3H3,(H,18,19,20). The van der Waals surface area contributed by atoms with Crippen molar-refractivity contribution in [1.82, 2.24) is 4.31 Å². The SMILES string of the molecule is CCN(CCN(OS(=O)(=O)O)c1ccc(N)c(C)c1)S(C)(=O)=O. The molecule has 0 radical (unpaired) electrons. The second-order valence-electron chi connectivity index (χ2n) is 4.90. The number of rotatable bonds is 8. The van der Waals surface area contributed by atoms with Gasteiger partial charge in [0.1, 0.15) is 0 Å². The first-order valence-electron chi connectivity index (χ1n) is 6.70. The summed E-state index contributed by atoms with van der Waals surface area (Å²) in [6, 6.07) is 4.63. The van der Waals surface area contributed by atoms with Crippen molar-refractivity contribution in [1.29, 1.82) is 0 Å². The first kappa shape index (κ1) is 19.6. The average molecular weight is 367 g/mol. The molecule has 0 fully saturated rings. The number of nitrogen functional groups attached to an aromatic ring is 1. The molecule has 1 rings (SSSR count). The molecule has 0 aliphatic carbocycles. The summed E-state index contributed by atoms with van der Waals surface area (Å²) in [6.45, 7) is 3.47. The second-order valence-corrected chi connectivity index (χ2v) is 7.89. The van der Waals surface area contributed by atoms with Crippen LogP contribution in [0.5, 0.6) is 0 Å². The van der Waals surface area contributed by atoms with Crippen molar-refractivity contribution in [3.05, 3.63) is 23.8 Å². The highest BCUT2D eigenvalue weighted by atomic mass is 32.3. The Balaban J connectivity index is 3.04. The highest BCUT2D eigenvalue weighted by Crippen LogP contribution is 2.21. The normalized spacial score (nSPS) is 12.6. The zero-order valence-corrected chi connectivity index (χ0v) is 14.8. The lowest BCUT2D eigenvalue weighted by Gasteiger charge is -2.25. The van der Waals surface area contributed by atoms with Crippen LogP contribution in [0.25, 0.3) is 0 Å². The summed E-state index contributed by atoms with van der Waals surface area (Å²) < 4.78 is 59.8. The van der Waals surface area contributed by atoms with Crippen molar-refractivity contribution >= 4 is 31.8 Å². The number of nitrogens with two attached hydrogens (primary N) is 1. The number of hydrogen-bond acceptors (Lipinski definition) is 7. The van der Waals surface area contributed by atoms with Crippen LogP contribution in [0.3, 0.4) is 0 Å². The molecule has 0 amide bonds. The van der Waals surface area contributed by atoms with Crippen molar-refractivity contribution in [2.45, 2.75) is 13.8 Å². The lowest BCUT2D eigenvalue weighted by molar-refractivity contribution is 0.235. The highest BCUT2D eigenvalue weighted by molar-refractivity contribution is 7.88. The fourth-order valence-corrected chi connectivity index (χ4v) is 3.17. The van der Waals surface area contributed by atoms with Crippen LogP contribution in [0.15, 0.2) is 18.2 Å². The summed E-state index contributed by atoms with van der Waals surface area (Å²) in [6.07, 6.45) is 1.05. The molecule has 23 heavy (non-hydrogen) atoms. The Hall–Kier alpha value is -1.40. The van der Waals surface area contributed by atoms with Gasteiger partial charge in [-0.3, -0.25) is 4.55 Å². The van der Waals surface area contributed by atoms with E-state index in [1.165, 1.54) is 6.07 Å². The summed E-state index contributed by atoms with van der Waals surface area (Å²) >= 11 is 0. The van der Waals surface area contributed by atoms with E-state index >= 15 is 0 Å². The number of hydroxylamine groups is 1. The molecule has 0 saturated carbocycles. The molecule has 1 aromatic rings. The van der Waals surface area contributed by atoms with Gasteiger partial charge in [-0.2, -0.15) is 8.42 Å². The fourth-order valence-electron chi connectivity index (χ4n) is 1.90. The van der Waals surface area contributed by atoms with Gasteiger partial charge in [0.05, 0.1) is 18.5 Å². The summed E-state index contributed by atoms with van der Waals surface area (Å²) in [4.78, 5) is 0. The van der Waals surface area contributed by atoms with Crippen molar-refractivity contribution in [3.8, 4) is 0 Å². The van der Waals surface area contributed by atoms with E-state index < -0.39 is 20.4 Å². The Morgan fingerprint density at radius 3 is 2.26 bits per heavy atom. The molecule has 9 nitrogen and oxygen atoms in total. The van der Waals surface area contributed by atoms with E-state index in [0.717, 1.165) is 15.6 Å². The number of anilines is 2. The van der Waals surface area contributed by atoms with Crippen LogP contribution in [-0.4, -0.2) is 51.6 Å². The lowest BCUT2D eigenvalue weighted by atomic mass is 10.2. The topological polar surface area (TPSA) is 130 Å². The maximum absolute atomic E-state index is 11.6. The number of likely N-dealkylation sites (N-methyl/N-ethyl adjacent to an activating group) is 1. The van der Waals surface area contributed by atoms with Crippen LogP contribution >= 0.6 is 0 Å². The number of nitrogens with zero attached hydrogens (tertiary/aromatic N) is 2. The maximum atomic E-state index is 11.6. The van der Waals surface area contributed by atoms with Crippen LogP contribution in [0.2, 0.25) is 0 Å². The Kier molecular flexibility index (Phi) is 6.36. The van der Waals surface area contributed by atoms with Crippen LogP contribution in [0, 0.1) is 6.92 Å². The molecule has 132 valence electrons. The minimum Gasteiger partial charge on any atom is -0.399 e. The van der Waals surface area contributed by atoms with Gasteiger partial charge >= 0.3 is 10.4 Å². The van der Waals surface area contributed by atoms with Crippen LogP contribution < -0.4 is 10.8 Å². The fraction of sp³-hybridized carbons (Fsp3) is 0.500. The van der Waals surface area contributed by atoms with Crippen molar-refractivity contribution < 1.29 is 25.7 Å². The number of sulfonamides is 1. The highest BCUT2D eigenvalue weighted by Gasteiger charge is 2.20. The maximum Gasteiger partial charge on any atom is 0.418 e. The third kappa shape index (κ3) is 6.31. The van der Waals surface area contributed by atoms with E-state index in [0.29, 0.717) is 16.9 Å². The van der Waals surface area contributed by atoms with E-state index in [1.807, 2.05) is 0 Å².